The second-order valence-corrected chi connectivity index (χ2v) is 5.53. The van der Waals surface area contributed by atoms with Crippen molar-refractivity contribution in [2.45, 2.75) is 24.3 Å². The van der Waals surface area contributed by atoms with Crippen LogP contribution in [0.5, 0.6) is 0 Å². The summed E-state index contributed by atoms with van der Waals surface area (Å²) in [5.74, 6) is -2.18. The topological polar surface area (TPSA) is 72.2 Å². The molecule has 7 heteroatoms. The Balaban J connectivity index is 3.13. The maximum absolute atomic E-state index is 13.4. The van der Waals surface area contributed by atoms with Gasteiger partial charge in [-0.3, -0.25) is 0 Å². The van der Waals surface area contributed by atoms with Crippen molar-refractivity contribution in [3.05, 3.63) is 36.4 Å². The molecule has 0 bridgehead atoms. The first-order valence-electron chi connectivity index (χ1n) is 5.15. The molecule has 0 heterocycles. The second kappa shape index (κ2) is 5.45. The lowest BCUT2D eigenvalue weighted by molar-refractivity contribution is 0.535. The predicted octanol–water partition coefficient (Wildman–Crippen LogP) is 1.79. The minimum atomic E-state index is -4.07. The molecular weight excluding hydrogens is 262 g/mol. The molecule has 1 aromatic carbocycles. The van der Waals surface area contributed by atoms with E-state index in [4.69, 9.17) is 5.73 Å². The number of hydrogen-bond acceptors (Lipinski definition) is 3. The van der Waals surface area contributed by atoms with E-state index in [9.17, 15) is 17.2 Å². The Morgan fingerprint density at radius 2 is 2.06 bits per heavy atom. The van der Waals surface area contributed by atoms with Crippen LogP contribution in [0.1, 0.15) is 13.3 Å². The SMILES string of the molecule is C=CCC(C)NS(=O)(=O)c1cc(N)c(F)cc1F. The highest BCUT2D eigenvalue weighted by molar-refractivity contribution is 7.89. The normalized spacial score (nSPS) is 13.3. The van der Waals surface area contributed by atoms with E-state index in [1.54, 1.807) is 6.92 Å². The van der Waals surface area contributed by atoms with Gasteiger partial charge in [-0.05, 0) is 19.4 Å². The van der Waals surface area contributed by atoms with Gasteiger partial charge in [-0.15, -0.1) is 6.58 Å². The minimum absolute atomic E-state index is 0.386. The van der Waals surface area contributed by atoms with Crippen LogP contribution < -0.4 is 10.5 Å². The van der Waals surface area contributed by atoms with Crippen molar-refractivity contribution in [2.24, 2.45) is 0 Å². The highest BCUT2D eigenvalue weighted by Gasteiger charge is 2.22. The molecule has 1 rings (SSSR count). The van der Waals surface area contributed by atoms with Crippen molar-refractivity contribution in [1.82, 2.24) is 4.72 Å². The molecule has 0 aliphatic heterocycles. The summed E-state index contributed by atoms with van der Waals surface area (Å²) in [4.78, 5) is -0.669. The minimum Gasteiger partial charge on any atom is -0.396 e. The molecule has 0 saturated heterocycles. The average Bonchev–Trinajstić information content (AvgIpc) is 2.22. The summed E-state index contributed by atoms with van der Waals surface area (Å²) in [6.45, 7) is 5.07. The lowest BCUT2D eigenvalue weighted by Crippen LogP contribution is -2.32. The lowest BCUT2D eigenvalue weighted by atomic mass is 10.3. The zero-order chi connectivity index (χ0) is 13.9. The van der Waals surface area contributed by atoms with E-state index in [-0.39, 0.29) is 0 Å². The first-order chi connectivity index (χ1) is 8.27. The van der Waals surface area contributed by atoms with Gasteiger partial charge in [0.25, 0.3) is 0 Å². The number of benzene rings is 1. The van der Waals surface area contributed by atoms with Gasteiger partial charge in [0.2, 0.25) is 10.0 Å². The lowest BCUT2D eigenvalue weighted by Gasteiger charge is -2.13. The van der Waals surface area contributed by atoms with Crippen LogP contribution in [-0.2, 0) is 10.0 Å². The van der Waals surface area contributed by atoms with Crippen LogP contribution in [-0.4, -0.2) is 14.5 Å². The largest absolute Gasteiger partial charge is 0.396 e. The van der Waals surface area contributed by atoms with Crippen LogP contribution in [0, 0.1) is 11.6 Å². The third-order valence-electron chi connectivity index (χ3n) is 2.22. The van der Waals surface area contributed by atoms with Crippen LogP contribution in [0.15, 0.2) is 29.7 Å². The summed E-state index contributed by atoms with van der Waals surface area (Å²) in [5.41, 5.74) is 4.80. The Hall–Kier alpha value is -1.47. The zero-order valence-electron chi connectivity index (χ0n) is 9.78. The van der Waals surface area contributed by atoms with Gasteiger partial charge in [-0.2, -0.15) is 0 Å². The molecule has 3 N–H and O–H groups in total. The van der Waals surface area contributed by atoms with Crippen molar-refractivity contribution in [3.8, 4) is 0 Å². The van der Waals surface area contributed by atoms with E-state index >= 15 is 0 Å². The van der Waals surface area contributed by atoms with E-state index in [1.807, 2.05) is 0 Å². The molecule has 1 unspecified atom stereocenters. The Morgan fingerprint density at radius 3 is 2.61 bits per heavy atom. The first kappa shape index (κ1) is 14.6. The maximum atomic E-state index is 13.4. The van der Waals surface area contributed by atoms with Gasteiger partial charge >= 0.3 is 0 Å². The van der Waals surface area contributed by atoms with E-state index in [0.717, 1.165) is 6.07 Å². The molecule has 0 aliphatic carbocycles. The summed E-state index contributed by atoms with van der Waals surface area (Å²) in [6.07, 6.45) is 1.92. The number of rotatable bonds is 5. The monoisotopic (exact) mass is 276 g/mol. The van der Waals surface area contributed by atoms with Crippen LogP contribution >= 0.6 is 0 Å². The Bertz CT molecular complexity index is 558. The summed E-state index contributed by atoms with van der Waals surface area (Å²) in [7, 11) is -4.07. The highest BCUT2D eigenvalue weighted by Crippen LogP contribution is 2.21. The van der Waals surface area contributed by atoms with Crippen molar-refractivity contribution in [1.29, 1.82) is 0 Å². The quantitative estimate of drug-likeness (QED) is 0.636. The van der Waals surface area contributed by atoms with E-state index in [1.165, 1.54) is 6.08 Å². The van der Waals surface area contributed by atoms with E-state index in [2.05, 4.69) is 11.3 Å². The summed E-state index contributed by atoms with van der Waals surface area (Å²) in [6, 6.07) is 0.758. The maximum Gasteiger partial charge on any atom is 0.243 e. The van der Waals surface area contributed by atoms with Gasteiger partial charge in [-0.25, -0.2) is 21.9 Å². The molecule has 0 aliphatic rings. The number of anilines is 1. The molecule has 0 aromatic heterocycles. The molecule has 0 saturated carbocycles. The standard InChI is InChI=1S/C11H14F2N2O2S/c1-3-4-7(2)15-18(16,17)11-6-10(14)8(12)5-9(11)13/h3,5-7,15H,1,4,14H2,2H3. The molecule has 0 amide bonds. The molecule has 0 spiro atoms. The van der Waals surface area contributed by atoms with Crippen LogP contribution in [0.25, 0.3) is 0 Å². The van der Waals surface area contributed by atoms with E-state index in [0.29, 0.717) is 12.5 Å². The van der Waals surface area contributed by atoms with Crippen LogP contribution in [0.3, 0.4) is 0 Å². The Morgan fingerprint density at radius 1 is 1.44 bits per heavy atom. The number of halogens is 2. The Kier molecular flexibility index (Phi) is 4.42. The van der Waals surface area contributed by atoms with Crippen LogP contribution in [0.2, 0.25) is 0 Å². The van der Waals surface area contributed by atoms with Crippen LogP contribution in [0.4, 0.5) is 14.5 Å². The molecule has 4 nitrogen and oxygen atoms in total. The third-order valence-corrected chi connectivity index (χ3v) is 3.82. The zero-order valence-corrected chi connectivity index (χ0v) is 10.6. The average molecular weight is 276 g/mol. The van der Waals surface area contributed by atoms with E-state index < -0.39 is 38.3 Å². The molecule has 1 atom stereocenters. The van der Waals surface area contributed by atoms with Crippen molar-refractivity contribution in [2.75, 3.05) is 5.73 Å². The first-order valence-corrected chi connectivity index (χ1v) is 6.64. The molecule has 18 heavy (non-hydrogen) atoms. The van der Waals surface area contributed by atoms with Gasteiger partial charge in [0.15, 0.2) is 0 Å². The van der Waals surface area contributed by atoms with Crippen molar-refractivity contribution < 1.29 is 17.2 Å². The number of nitrogen functional groups attached to an aromatic ring is 1. The fourth-order valence-electron chi connectivity index (χ4n) is 1.38. The highest BCUT2D eigenvalue weighted by atomic mass is 32.2. The molecule has 0 fully saturated rings. The third kappa shape index (κ3) is 3.27. The van der Waals surface area contributed by atoms with Gasteiger partial charge in [0, 0.05) is 12.1 Å². The molecule has 100 valence electrons. The Labute approximate surface area is 105 Å². The fourth-order valence-corrected chi connectivity index (χ4v) is 2.73. The molecule has 0 radical (unpaired) electrons. The second-order valence-electron chi connectivity index (χ2n) is 3.85. The number of nitrogens with two attached hydrogens (primary N) is 1. The number of sulfonamides is 1. The van der Waals surface area contributed by atoms with Crippen molar-refractivity contribution >= 4 is 15.7 Å². The van der Waals surface area contributed by atoms with Gasteiger partial charge in [0.05, 0.1) is 5.69 Å². The number of nitrogens with one attached hydrogen (secondary N) is 1. The molecular formula is C11H14F2N2O2S. The summed E-state index contributed by atoms with van der Waals surface area (Å²) >= 11 is 0. The fraction of sp³-hybridized carbons (Fsp3) is 0.273. The van der Waals surface area contributed by atoms with Gasteiger partial charge in [0.1, 0.15) is 16.5 Å². The predicted molar refractivity (Wildman–Crippen MR) is 65.4 cm³/mol. The number of hydrogen-bond donors (Lipinski definition) is 2. The van der Waals surface area contributed by atoms with Crippen molar-refractivity contribution in [3.63, 3.8) is 0 Å². The van der Waals surface area contributed by atoms with Gasteiger partial charge < -0.3 is 5.73 Å². The summed E-state index contributed by atoms with van der Waals surface area (Å²) < 4.78 is 52.3. The summed E-state index contributed by atoms with van der Waals surface area (Å²) in [5, 5.41) is 0. The smallest absolute Gasteiger partial charge is 0.243 e. The molecule has 1 aromatic rings. The van der Waals surface area contributed by atoms with Gasteiger partial charge in [-0.1, -0.05) is 6.08 Å².